The van der Waals surface area contributed by atoms with Crippen LogP contribution in [0, 0.1) is 0 Å². The molecule has 0 aliphatic rings. The van der Waals surface area contributed by atoms with Crippen molar-refractivity contribution in [3.63, 3.8) is 0 Å². The lowest BCUT2D eigenvalue weighted by Crippen LogP contribution is -2.37. The van der Waals surface area contributed by atoms with E-state index >= 15 is 0 Å². The lowest BCUT2D eigenvalue weighted by molar-refractivity contribution is -0.129. The third-order valence-corrected chi connectivity index (χ3v) is 2.81. The Morgan fingerprint density at radius 2 is 1.85 bits per heavy atom. The van der Waals surface area contributed by atoms with Gasteiger partial charge in [-0.2, -0.15) is 0 Å². The standard InChI is InChI=1S/C14H20N2O4/c1-11(17)16(9-8-15-14(18)20-3)10-12-4-6-13(19-2)7-5-12/h4-7H,8-10H2,1-3H3,(H,15,18). The maximum atomic E-state index is 11.6. The lowest BCUT2D eigenvalue weighted by Gasteiger charge is -2.21. The summed E-state index contributed by atoms with van der Waals surface area (Å²) in [4.78, 5) is 24.2. The molecule has 1 rings (SSSR count). The van der Waals surface area contributed by atoms with Crippen molar-refractivity contribution in [2.45, 2.75) is 13.5 Å². The highest BCUT2D eigenvalue weighted by Gasteiger charge is 2.10. The summed E-state index contributed by atoms with van der Waals surface area (Å²) in [5.41, 5.74) is 0.999. The van der Waals surface area contributed by atoms with Gasteiger partial charge in [-0.25, -0.2) is 4.79 Å². The fraction of sp³-hybridized carbons (Fsp3) is 0.429. The highest BCUT2D eigenvalue weighted by atomic mass is 16.5. The lowest BCUT2D eigenvalue weighted by atomic mass is 10.2. The number of ether oxygens (including phenoxy) is 2. The van der Waals surface area contributed by atoms with E-state index in [4.69, 9.17) is 4.74 Å². The van der Waals surface area contributed by atoms with Crippen molar-refractivity contribution in [3.05, 3.63) is 29.8 Å². The molecular formula is C14H20N2O4. The van der Waals surface area contributed by atoms with Crippen LogP contribution < -0.4 is 10.1 Å². The van der Waals surface area contributed by atoms with E-state index in [1.807, 2.05) is 24.3 Å². The first-order valence-electron chi connectivity index (χ1n) is 6.27. The smallest absolute Gasteiger partial charge is 0.406 e. The molecule has 6 nitrogen and oxygen atoms in total. The van der Waals surface area contributed by atoms with Gasteiger partial charge in [0.1, 0.15) is 5.75 Å². The summed E-state index contributed by atoms with van der Waals surface area (Å²) in [6.07, 6.45) is -0.502. The van der Waals surface area contributed by atoms with Crippen LogP contribution in [0.15, 0.2) is 24.3 Å². The minimum Gasteiger partial charge on any atom is -0.497 e. The number of carbonyl (C=O) groups is 2. The maximum Gasteiger partial charge on any atom is 0.406 e. The highest BCUT2D eigenvalue weighted by Crippen LogP contribution is 2.12. The van der Waals surface area contributed by atoms with Crippen LogP contribution in [0.3, 0.4) is 0 Å². The monoisotopic (exact) mass is 280 g/mol. The molecule has 0 saturated carbocycles. The van der Waals surface area contributed by atoms with Crippen LogP contribution in [0.4, 0.5) is 4.79 Å². The van der Waals surface area contributed by atoms with E-state index in [2.05, 4.69) is 10.1 Å². The van der Waals surface area contributed by atoms with Gasteiger partial charge in [0.05, 0.1) is 14.2 Å². The summed E-state index contributed by atoms with van der Waals surface area (Å²) in [7, 11) is 2.91. The van der Waals surface area contributed by atoms with Gasteiger partial charge in [-0.15, -0.1) is 0 Å². The van der Waals surface area contributed by atoms with E-state index in [1.54, 1.807) is 12.0 Å². The number of nitrogens with zero attached hydrogens (tertiary/aromatic N) is 1. The number of alkyl carbamates (subject to hydrolysis) is 1. The largest absolute Gasteiger partial charge is 0.497 e. The van der Waals surface area contributed by atoms with E-state index in [0.717, 1.165) is 11.3 Å². The van der Waals surface area contributed by atoms with Crippen LogP contribution in [-0.2, 0) is 16.1 Å². The van der Waals surface area contributed by atoms with E-state index in [9.17, 15) is 9.59 Å². The van der Waals surface area contributed by atoms with Gasteiger partial charge in [0.2, 0.25) is 5.91 Å². The zero-order valence-corrected chi connectivity index (χ0v) is 12.0. The van der Waals surface area contributed by atoms with Crippen molar-refractivity contribution < 1.29 is 19.1 Å². The average molecular weight is 280 g/mol. The summed E-state index contributed by atoms with van der Waals surface area (Å²) in [5, 5.41) is 2.55. The molecule has 6 heteroatoms. The molecule has 1 aromatic carbocycles. The molecule has 0 bridgehead atoms. The number of hydrogen-bond acceptors (Lipinski definition) is 4. The van der Waals surface area contributed by atoms with Gasteiger partial charge in [-0.1, -0.05) is 12.1 Å². The Balaban J connectivity index is 2.53. The minimum absolute atomic E-state index is 0.0486. The second-order valence-electron chi connectivity index (χ2n) is 4.21. The van der Waals surface area contributed by atoms with E-state index < -0.39 is 6.09 Å². The number of amides is 2. The van der Waals surface area contributed by atoms with Gasteiger partial charge in [0, 0.05) is 26.6 Å². The zero-order chi connectivity index (χ0) is 15.0. The highest BCUT2D eigenvalue weighted by molar-refractivity contribution is 5.73. The van der Waals surface area contributed by atoms with E-state index in [-0.39, 0.29) is 5.91 Å². The summed E-state index contributed by atoms with van der Waals surface area (Å²) in [5.74, 6) is 0.725. The number of methoxy groups -OCH3 is 2. The molecule has 0 fully saturated rings. The minimum atomic E-state index is -0.502. The Hall–Kier alpha value is -2.24. The molecule has 20 heavy (non-hydrogen) atoms. The van der Waals surface area contributed by atoms with Crippen LogP contribution >= 0.6 is 0 Å². The number of hydrogen-bond donors (Lipinski definition) is 1. The predicted molar refractivity (Wildman–Crippen MR) is 74.5 cm³/mol. The van der Waals surface area contributed by atoms with Crippen LogP contribution in [0.2, 0.25) is 0 Å². The van der Waals surface area contributed by atoms with Crippen LogP contribution in [0.5, 0.6) is 5.75 Å². The topological polar surface area (TPSA) is 67.9 Å². The Morgan fingerprint density at radius 1 is 1.20 bits per heavy atom. The number of rotatable bonds is 6. The number of nitrogens with one attached hydrogen (secondary N) is 1. The normalized spacial score (nSPS) is 9.75. The fourth-order valence-electron chi connectivity index (χ4n) is 1.66. The maximum absolute atomic E-state index is 11.6. The quantitative estimate of drug-likeness (QED) is 0.855. The van der Waals surface area contributed by atoms with Crippen molar-refractivity contribution in [1.82, 2.24) is 10.2 Å². The Labute approximate surface area is 118 Å². The zero-order valence-electron chi connectivity index (χ0n) is 12.0. The molecule has 2 amide bonds. The van der Waals surface area contributed by atoms with Crippen molar-refractivity contribution in [1.29, 1.82) is 0 Å². The second-order valence-corrected chi connectivity index (χ2v) is 4.21. The van der Waals surface area contributed by atoms with Gasteiger partial charge in [0.15, 0.2) is 0 Å². The van der Waals surface area contributed by atoms with Crippen molar-refractivity contribution in [2.24, 2.45) is 0 Å². The third kappa shape index (κ3) is 5.17. The van der Waals surface area contributed by atoms with Crippen molar-refractivity contribution in [2.75, 3.05) is 27.3 Å². The molecule has 0 aliphatic heterocycles. The Kier molecular flexibility index (Phi) is 6.36. The molecule has 0 atom stereocenters. The van der Waals surface area contributed by atoms with Gasteiger partial charge in [-0.05, 0) is 17.7 Å². The first-order chi connectivity index (χ1) is 9.56. The molecular weight excluding hydrogens is 260 g/mol. The predicted octanol–water partition coefficient (Wildman–Crippen LogP) is 1.40. The summed E-state index contributed by atoms with van der Waals surface area (Å²) >= 11 is 0. The molecule has 0 aliphatic carbocycles. The molecule has 0 aromatic heterocycles. The molecule has 0 saturated heterocycles. The van der Waals surface area contributed by atoms with Gasteiger partial charge >= 0.3 is 6.09 Å². The molecule has 0 spiro atoms. The van der Waals surface area contributed by atoms with Gasteiger partial charge < -0.3 is 19.7 Å². The average Bonchev–Trinajstić information content (AvgIpc) is 2.46. The molecule has 0 heterocycles. The second kappa shape index (κ2) is 8.04. The van der Waals surface area contributed by atoms with Gasteiger partial charge in [0.25, 0.3) is 0 Å². The first-order valence-corrected chi connectivity index (χ1v) is 6.27. The van der Waals surface area contributed by atoms with E-state index in [1.165, 1.54) is 14.0 Å². The molecule has 0 unspecified atom stereocenters. The van der Waals surface area contributed by atoms with Crippen LogP contribution in [0.25, 0.3) is 0 Å². The Bertz CT molecular complexity index is 445. The number of benzene rings is 1. The SMILES string of the molecule is COC(=O)NCCN(Cc1ccc(OC)cc1)C(C)=O. The molecule has 110 valence electrons. The van der Waals surface area contributed by atoms with Gasteiger partial charge in [-0.3, -0.25) is 4.79 Å². The first kappa shape index (κ1) is 15.8. The summed E-state index contributed by atoms with van der Waals surface area (Å²) < 4.78 is 9.55. The summed E-state index contributed by atoms with van der Waals surface area (Å²) in [6, 6.07) is 7.51. The van der Waals surface area contributed by atoms with Crippen molar-refractivity contribution in [3.8, 4) is 5.75 Å². The third-order valence-electron chi connectivity index (χ3n) is 2.81. The fourth-order valence-corrected chi connectivity index (χ4v) is 1.66. The van der Waals surface area contributed by atoms with Crippen LogP contribution in [-0.4, -0.2) is 44.2 Å². The number of carbonyl (C=O) groups excluding carboxylic acids is 2. The molecule has 1 aromatic rings. The van der Waals surface area contributed by atoms with Crippen LogP contribution in [0.1, 0.15) is 12.5 Å². The summed E-state index contributed by atoms with van der Waals surface area (Å²) in [6.45, 7) is 2.77. The Morgan fingerprint density at radius 3 is 2.35 bits per heavy atom. The molecule has 0 radical (unpaired) electrons. The van der Waals surface area contributed by atoms with E-state index in [0.29, 0.717) is 19.6 Å². The molecule has 1 N–H and O–H groups in total. The van der Waals surface area contributed by atoms with Crippen molar-refractivity contribution >= 4 is 12.0 Å².